The molecule has 22 heavy (non-hydrogen) atoms. The molecule has 0 aliphatic carbocycles. The summed E-state index contributed by atoms with van der Waals surface area (Å²) in [7, 11) is 0.734. The normalized spacial score (nSPS) is 26.8. The molecule has 1 saturated heterocycles. The van der Waals surface area contributed by atoms with Crippen LogP contribution in [0.25, 0.3) is 0 Å². The third kappa shape index (κ3) is 2.29. The molecule has 1 fully saturated rings. The van der Waals surface area contributed by atoms with Crippen LogP contribution in [0.3, 0.4) is 0 Å². The minimum atomic E-state index is -6.94. The van der Waals surface area contributed by atoms with Gasteiger partial charge in [-0.25, -0.2) is 9.28 Å². The highest BCUT2D eigenvalue weighted by molar-refractivity contribution is 5.87. The number of carbonyl (C=O) groups excluding carboxylic acids is 1. The van der Waals surface area contributed by atoms with E-state index in [-0.39, 0.29) is 5.57 Å². The average Bonchev–Trinajstić information content (AvgIpc) is 3.00. The molecule has 0 saturated carbocycles. The molecule has 2 unspecified atom stereocenters. The van der Waals surface area contributed by atoms with Crippen molar-refractivity contribution in [2.75, 3.05) is 13.6 Å². The summed E-state index contributed by atoms with van der Waals surface area (Å²) in [6.45, 7) is 3.18. The minimum Gasteiger partial charge on any atom is -0.241 e. The molecule has 0 radical (unpaired) electrons. The third-order valence-corrected chi connectivity index (χ3v) is 3.52. The lowest BCUT2D eigenvalue weighted by Gasteiger charge is -2.33. The maximum Gasteiger partial charge on any atom is 0.460 e. The Hall–Kier alpha value is -1.26. The number of hydrogen-bond acceptors (Lipinski definition) is 1. The van der Waals surface area contributed by atoms with Crippen LogP contribution in [0.4, 0.5) is 39.5 Å². The number of hydrogen-bond donors (Lipinski definition) is 0. The van der Waals surface area contributed by atoms with Crippen molar-refractivity contribution in [2.45, 2.75) is 36.9 Å². The van der Waals surface area contributed by atoms with Crippen LogP contribution in [0.2, 0.25) is 0 Å². The van der Waals surface area contributed by atoms with Crippen LogP contribution in [0.5, 0.6) is 0 Å². The molecule has 0 N–H and O–H groups in total. The molecule has 0 bridgehead atoms. The molecule has 0 aromatic carbocycles. The monoisotopic (exact) mass is 344 g/mol. The van der Waals surface area contributed by atoms with E-state index in [1.165, 1.54) is 0 Å². The van der Waals surface area contributed by atoms with Gasteiger partial charge in [-0.15, -0.1) is 0 Å². The Balaban J connectivity index is 3.21. The number of alkyl halides is 9. The van der Waals surface area contributed by atoms with E-state index in [9.17, 15) is 44.3 Å². The second-order valence-electron chi connectivity index (χ2n) is 5.32. The van der Waals surface area contributed by atoms with Gasteiger partial charge >= 0.3 is 29.9 Å². The summed E-state index contributed by atoms with van der Waals surface area (Å²) in [6, 6.07) is -2.69. The van der Waals surface area contributed by atoms with E-state index in [2.05, 4.69) is 6.58 Å². The lowest BCUT2D eigenvalue weighted by molar-refractivity contribution is -0.719. The maximum atomic E-state index is 13.6. The highest BCUT2D eigenvalue weighted by Gasteiger charge is 2.88. The van der Waals surface area contributed by atoms with E-state index in [0.717, 1.165) is 14.0 Å². The molecule has 0 spiro atoms. The topological polar surface area (TPSA) is 17.1 Å². The molecular weight excluding hydrogens is 333 g/mol. The van der Waals surface area contributed by atoms with E-state index in [0.29, 0.717) is 0 Å². The number of nitrogens with zero attached hydrogens (tertiary/aromatic N) is 1. The molecule has 0 aromatic rings. The Morgan fingerprint density at radius 1 is 1.00 bits per heavy atom. The van der Waals surface area contributed by atoms with Crippen molar-refractivity contribution in [3.05, 3.63) is 12.2 Å². The lowest BCUT2D eigenvalue weighted by atomic mass is 10.0. The zero-order valence-electron chi connectivity index (χ0n) is 11.2. The minimum absolute atomic E-state index is 0.313. The van der Waals surface area contributed by atoms with Crippen LogP contribution < -0.4 is 0 Å². The molecule has 1 aliphatic heterocycles. The van der Waals surface area contributed by atoms with Crippen molar-refractivity contribution in [3.8, 4) is 0 Å². The number of halogens is 9. The number of likely N-dealkylation sites (N-methyl/N-ethyl adjacent to an activating group) is 1. The van der Waals surface area contributed by atoms with Crippen molar-refractivity contribution in [1.82, 2.24) is 0 Å². The van der Waals surface area contributed by atoms with Crippen LogP contribution in [-0.2, 0) is 4.79 Å². The number of amides is 1. The molecule has 128 valence electrons. The Kier molecular flexibility index (Phi) is 3.94. The fourth-order valence-corrected chi connectivity index (χ4v) is 2.04. The van der Waals surface area contributed by atoms with Crippen LogP contribution in [0.1, 0.15) is 6.92 Å². The predicted molar refractivity (Wildman–Crippen MR) is 55.6 cm³/mol. The predicted octanol–water partition coefficient (Wildman–Crippen LogP) is 3.39. The van der Waals surface area contributed by atoms with E-state index in [1.807, 2.05) is 0 Å². The lowest BCUT2D eigenvalue weighted by Crippen LogP contribution is -2.64. The van der Waals surface area contributed by atoms with Gasteiger partial charge in [-0.2, -0.15) is 39.5 Å². The van der Waals surface area contributed by atoms with Gasteiger partial charge in [0.05, 0.1) is 7.05 Å². The summed E-state index contributed by atoms with van der Waals surface area (Å²) in [5.41, 5.74) is -0.313. The van der Waals surface area contributed by atoms with Gasteiger partial charge in [-0.3, -0.25) is 0 Å². The number of quaternary nitrogens is 1. The van der Waals surface area contributed by atoms with Gasteiger partial charge in [0.25, 0.3) is 0 Å². The quantitative estimate of drug-likeness (QED) is 0.331. The number of carbonyl (C=O) groups is 1. The zero-order chi connectivity index (χ0) is 17.9. The molecule has 1 aliphatic rings. The van der Waals surface area contributed by atoms with E-state index >= 15 is 0 Å². The fourth-order valence-electron chi connectivity index (χ4n) is 2.04. The first-order valence-corrected chi connectivity index (χ1v) is 5.70. The van der Waals surface area contributed by atoms with Gasteiger partial charge in [0.1, 0.15) is 6.54 Å². The highest BCUT2D eigenvalue weighted by Crippen LogP contribution is 2.58. The number of rotatable bonds is 4. The third-order valence-electron chi connectivity index (χ3n) is 3.52. The molecule has 11 heteroatoms. The van der Waals surface area contributed by atoms with Crippen LogP contribution in [0, 0.1) is 0 Å². The molecule has 2 nitrogen and oxygen atoms in total. The van der Waals surface area contributed by atoms with Crippen LogP contribution in [-0.4, -0.2) is 54.0 Å². The first-order valence-electron chi connectivity index (χ1n) is 5.70. The van der Waals surface area contributed by atoms with Gasteiger partial charge in [-0.05, 0) is 6.92 Å². The largest absolute Gasteiger partial charge is 0.460 e. The van der Waals surface area contributed by atoms with Crippen molar-refractivity contribution in [1.29, 1.82) is 0 Å². The Bertz CT molecular complexity index is 510. The molecule has 2 atom stereocenters. The SMILES string of the molecule is C=C(C)C(=O)[N+]1(C)CC1C(F)(F)C(F)(F)C(F)(F)C(F)(F)F. The van der Waals surface area contributed by atoms with E-state index in [4.69, 9.17) is 0 Å². The van der Waals surface area contributed by atoms with Gasteiger partial charge < -0.3 is 0 Å². The Morgan fingerprint density at radius 3 is 1.73 bits per heavy atom. The second kappa shape index (κ2) is 4.62. The molecule has 1 rings (SSSR count). The van der Waals surface area contributed by atoms with Crippen molar-refractivity contribution in [2.24, 2.45) is 0 Å². The molecular formula is C11H11F9NO+. The first kappa shape index (κ1) is 18.8. The summed E-state index contributed by atoms with van der Waals surface area (Å²) >= 11 is 0. The molecule has 1 heterocycles. The highest BCUT2D eigenvalue weighted by atomic mass is 19.4. The van der Waals surface area contributed by atoms with E-state index in [1.54, 1.807) is 0 Å². The fraction of sp³-hybridized carbons (Fsp3) is 0.727. The maximum absolute atomic E-state index is 13.6. The summed E-state index contributed by atoms with van der Waals surface area (Å²) in [5.74, 6) is -20.5. The van der Waals surface area contributed by atoms with Crippen molar-refractivity contribution < 1.29 is 48.8 Å². The van der Waals surface area contributed by atoms with Gasteiger partial charge in [0.2, 0.25) is 6.04 Å². The smallest absolute Gasteiger partial charge is 0.241 e. The van der Waals surface area contributed by atoms with Gasteiger partial charge in [0, 0.05) is 5.57 Å². The van der Waals surface area contributed by atoms with E-state index < -0.39 is 46.9 Å². The van der Waals surface area contributed by atoms with Gasteiger partial charge in [-0.1, -0.05) is 6.58 Å². The second-order valence-corrected chi connectivity index (χ2v) is 5.32. The summed E-state index contributed by atoms with van der Waals surface area (Å²) in [4.78, 5) is 11.5. The first-order chi connectivity index (χ1) is 9.44. The van der Waals surface area contributed by atoms with Crippen LogP contribution in [0.15, 0.2) is 12.2 Å². The average molecular weight is 344 g/mol. The Morgan fingerprint density at radius 2 is 1.41 bits per heavy atom. The summed E-state index contributed by atoms with van der Waals surface area (Å²) in [6.07, 6.45) is -6.86. The van der Waals surface area contributed by atoms with Crippen molar-refractivity contribution in [3.63, 3.8) is 0 Å². The Labute approximate surface area is 118 Å². The summed E-state index contributed by atoms with van der Waals surface area (Å²) < 4.78 is 114. The van der Waals surface area contributed by atoms with Crippen molar-refractivity contribution >= 4 is 5.91 Å². The van der Waals surface area contributed by atoms with Gasteiger partial charge in [0.15, 0.2) is 0 Å². The zero-order valence-corrected chi connectivity index (χ0v) is 11.2. The molecule has 0 aromatic heterocycles. The van der Waals surface area contributed by atoms with Crippen LogP contribution >= 0.6 is 0 Å². The molecule has 1 amide bonds. The standard InChI is InChI=1S/C11H11F9NO/c1-5(2)7(22)21(3)4-6(21)8(12,13)9(14,15)10(16,17)11(18,19)20/h6H,1,4H2,2-3H3/q+1. The summed E-state index contributed by atoms with van der Waals surface area (Å²) in [5, 5.41) is 0.